The van der Waals surface area contributed by atoms with Crippen LogP contribution in [-0.4, -0.2) is 33.1 Å². The minimum Gasteiger partial charge on any atom is -0.454 e. The number of carbonyl (C=O) groups is 1. The molecule has 0 unspecified atom stereocenters. The van der Waals surface area contributed by atoms with Crippen molar-refractivity contribution in [1.29, 1.82) is 0 Å². The number of rotatable bonds is 7. The van der Waals surface area contributed by atoms with Crippen LogP contribution in [0.3, 0.4) is 0 Å². The Balaban J connectivity index is 1.40. The predicted octanol–water partition coefficient (Wildman–Crippen LogP) is 5.35. The van der Waals surface area contributed by atoms with Crippen molar-refractivity contribution in [3.8, 4) is 22.9 Å². The lowest BCUT2D eigenvalue weighted by Gasteiger charge is -2.10. The van der Waals surface area contributed by atoms with Gasteiger partial charge in [-0.05, 0) is 48.0 Å². The van der Waals surface area contributed by atoms with Gasteiger partial charge in [0.15, 0.2) is 28.3 Å². The molecule has 5 rings (SSSR count). The summed E-state index contributed by atoms with van der Waals surface area (Å²) in [7, 11) is 0. The van der Waals surface area contributed by atoms with Crippen LogP contribution >= 0.6 is 23.4 Å². The van der Waals surface area contributed by atoms with Crippen LogP contribution in [0.4, 0.5) is 0 Å². The zero-order valence-electron chi connectivity index (χ0n) is 16.9. The fourth-order valence-corrected chi connectivity index (χ4v) is 4.36. The maximum Gasteiger partial charge on any atom is 0.231 e. The first kappa shape index (κ1) is 20.6. The van der Waals surface area contributed by atoms with Crippen LogP contribution in [0.1, 0.15) is 15.9 Å². The van der Waals surface area contributed by atoms with Crippen molar-refractivity contribution in [3.63, 3.8) is 0 Å². The minimum absolute atomic E-state index is 0.0180. The molecule has 0 fully saturated rings. The summed E-state index contributed by atoms with van der Waals surface area (Å²) in [5.74, 6) is 2.19. The second-order valence-corrected chi connectivity index (χ2v) is 8.54. The van der Waals surface area contributed by atoms with Gasteiger partial charge in [-0.15, -0.1) is 10.2 Å². The topological polar surface area (TPSA) is 66.2 Å². The molecule has 160 valence electrons. The molecule has 0 bridgehead atoms. The summed E-state index contributed by atoms with van der Waals surface area (Å²) < 4.78 is 12.7. The standard InChI is InChI=1S/C24H18ClN3O3S/c25-19-9-6-17(7-10-19)23-26-27-24(28(23)13-16-4-2-1-3-5-16)32-14-20(29)18-8-11-21-22(12-18)31-15-30-21/h1-12H,13-15H2. The highest BCUT2D eigenvalue weighted by Crippen LogP contribution is 2.33. The average molecular weight is 464 g/mol. The molecule has 1 aromatic heterocycles. The summed E-state index contributed by atoms with van der Waals surface area (Å²) in [6.45, 7) is 0.768. The third-order valence-corrected chi connectivity index (χ3v) is 6.25. The molecule has 0 N–H and O–H groups in total. The van der Waals surface area contributed by atoms with E-state index in [0.29, 0.717) is 33.8 Å². The van der Waals surface area contributed by atoms with Gasteiger partial charge < -0.3 is 9.47 Å². The molecule has 0 aliphatic carbocycles. The molecule has 0 radical (unpaired) electrons. The lowest BCUT2D eigenvalue weighted by Crippen LogP contribution is -2.07. The Bertz CT molecular complexity index is 1260. The van der Waals surface area contributed by atoms with Gasteiger partial charge in [0, 0.05) is 16.1 Å². The smallest absolute Gasteiger partial charge is 0.231 e. The Morgan fingerprint density at radius 1 is 0.969 bits per heavy atom. The lowest BCUT2D eigenvalue weighted by molar-refractivity contribution is 0.102. The largest absolute Gasteiger partial charge is 0.454 e. The number of halogens is 1. The lowest BCUT2D eigenvalue weighted by atomic mass is 10.1. The second kappa shape index (κ2) is 9.06. The Labute approximate surface area is 194 Å². The number of hydrogen-bond donors (Lipinski definition) is 0. The van der Waals surface area contributed by atoms with E-state index >= 15 is 0 Å². The van der Waals surface area contributed by atoms with Crippen molar-refractivity contribution in [3.05, 3.63) is 88.9 Å². The third-order valence-electron chi connectivity index (χ3n) is 5.03. The molecule has 8 heteroatoms. The molecule has 4 aromatic rings. The van der Waals surface area contributed by atoms with Crippen molar-refractivity contribution >= 4 is 29.1 Å². The quantitative estimate of drug-likeness (QED) is 0.272. The van der Waals surface area contributed by atoms with E-state index in [1.54, 1.807) is 18.2 Å². The van der Waals surface area contributed by atoms with Crippen LogP contribution in [0.25, 0.3) is 11.4 Å². The molecule has 0 amide bonds. The van der Waals surface area contributed by atoms with Crippen LogP contribution in [0, 0.1) is 0 Å². The molecule has 1 aliphatic rings. The number of ether oxygens (including phenoxy) is 2. The number of thioether (sulfide) groups is 1. The summed E-state index contributed by atoms with van der Waals surface area (Å²) in [5.41, 5.74) is 2.60. The fraction of sp³-hybridized carbons (Fsp3) is 0.125. The first-order chi connectivity index (χ1) is 15.7. The number of aromatic nitrogens is 3. The third kappa shape index (κ3) is 4.35. The zero-order chi connectivity index (χ0) is 21.9. The number of fused-ring (bicyclic) bond motifs is 1. The van der Waals surface area contributed by atoms with E-state index in [1.807, 2.05) is 47.0 Å². The maximum atomic E-state index is 12.8. The molecule has 32 heavy (non-hydrogen) atoms. The molecule has 0 saturated carbocycles. The molecule has 0 atom stereocenters. The van der Waals surface area contributed by atoms with Gasteiger partial charge >= 0.3 is 0 Å². The van der Waals surface area contributed by atoms with Crippen molar-refractivity contribution in [2.24, 2.45) is 0 Å². The highest BCUT2D eigenvalue weighted by Gasteiger charge is 2.19. The normalized spacial score (nSPS) is 12.2. The highest BCUT2D eigenvalue weighted by atomic mass is 35.5. The van der Waals surface area contributed by atoms with E-state index in [9.17, 15) is 4.79 Å². The first-order valence-corrected chi connectivity index (χ1v) is 11.3. The van der Waals surface area contributed by atoms with Gasteiger partial charge in [-0.25, -0.2) is 0 Å². The Hall–Kier alpha value is -3.29. The van der Waals surface area contributed by atoms with Gasteiger partial charge in [0.2, 0.25) is 6.79 Å². The van der Waals surface area contributed by atoms with Crippen LogP contribution in [0.2, 0.25) is 5.02 Å². The van der Waals surface area contributed by atoms with Crippen molar-refractivity contribution in [2.45, 2.75) is 11.7 Å². The Kier molecular flexibility index (Phi) is 5.83. The van der Waals surface area contributed by atoms with Crippen molar-refractivity contribution in [2.75, 3.05) is 12.5 Å². The van der Waals surface area contributed by atoms with Crippen molar-refractivity contribution in [1.82, 2.24) is 14.8 Å². The SMILES string of the molecule is O=C(CSc1nnc(-c2ccc(Cl)cc2)n1Cc1ccccc1)c1ccc2c(c1)OCO2. The number of nitrogens with zero attached hydrogens (tertiary/aromatic N) is 3. The first-order valence-electron chi connectivity index (χ1n) is 9.96. The molecular formula is C24H18ClN3O3S. The molecule has 0 spiro atoms. The van der Waals surface area contributed by atoms with Crippen LogP contribution in [0.15, 0.2) is 78.0 Å². The number of ketones is 1. The molecule has 1 aliphatic heterocycles. The van der Waals surface area contributed by atoms with E-state index in [2.05, 4.69) is 22.3 Å². The van der Waals surface area contributed by atoms with Gasteiger partial charge in [0.05, 0.1) is 12.3 Å². The molecular weight excluding hydrogens is 446 g/mol. The number of Topliss-reactive ketones (excluding diaryl/α,β-unsaturated/α-hetero) is 1. The Morgan fingerprint density at radius 2 is 1.75 bits per heavy atom. The zero-order valence-corrected chi connectivity index (χ0v) is 18.5. The van der Waals surface area contributed by atoms with Gasteiger partial charge in [-0.2, -0.15) is 0 Å². The van der Waals surface area contributed by atoms with E-state index in [-0.39, 0.29) is 18.3 Å². The van der Waals surface area contributed by atoms with E-state index in [0.717, 1.165) is 17.0 Å². The number of carbonyl (C=O) groups excluding carboxylic acids is 1. The number of benzene rings is 3. The minimum atomic E-state index is -0.0180. The van der Waals surface area contributed by atoms with Crippen LogP contribution < -0.4 is 9.47 Å². The van der Waals surface area contributed by atoms with Crippen molar-refractivity contribution < 1.29 is 14.3 Å². The molecule has 2 heterocycles. The molecule has 3 aromatic carbocycles. The summed E-state index contributed by atoms with van der Waals surface area (Å²) in [4.78, 5) is 12.8. The Morgan fingerprint density at radius 3 is 2.56 bits per heavy atom. The average Bonchev–Trinajstić information content (AvgIpc) is 3.45. The van der Waals surface area contributed by atoms with Gasteiger partial charge in [-0.3, -0.25) is 9.36 Å². The van der Waals surface area contributed by atoms with Gasteiger partial charge in [0.25, 0.3) is 0 Å². The highest BCUT2D eigenvalue weighted by molar-refractivity contribution is 7.99. The second-order valence-electron chi connectivity index (χ2n) is 7.16. The predicted molar refractivity (Wildman–Crippen MR) is 124 cm³/mol. The van der Waals surface area contributed by atoms with E-state index < -0.39 is 0 Å². The van der Waals surface area contributed by atoms with E-state index in [4.69, 9.17) is 21.1 Å². The number of hydrogen-bond acceptors (Lipinski definition) is 6. The van der Waals surface area contributed by atoms with E-state index in [1.165, 1.54) is 11.8 Å². The fourth-order valence-electron chi connectivity index (χ4n) is 3.40. The summed E-state index contributed by atoms with van der Waals surface area (Å²) in [5, 5.41) is 10.1. The summed E-state index contributed by atoms with van der Waals surface area (Å²) in [6.07, 6.45) is 0. The molecule has 0 saturated heterocycles. The van der Waals surface area contributed by atoms with Gasteiger partial charge in [0.1, 0.15) is 0 Å². The summed E-state index contributed by atoms with van der Waals surface area (Å²) in [6, 6.07) is 22.8. The van der Waals surface area contributed by atoms with Crippen LogP contribution in [0.5, 0.6) is 11.5 Å². The molecule has 6 nitrogen and oxygen atoms in total. The monoisotopic (exact) mass is 463 g/mol. The summed E-state index contributed by atoms with van der Waals surface area (Å²) >= 11 is 7.41. The van der Waals surface area contributed by atoms with Crippen LogP contribution in [-0.2, 0) is 6.54 Å². The van der Waals surface area contributed by atoms with Gasteiger partial charge in [-0.1, -0.05) is 53.7 Å². The maximum absolute atomic E-state index is 12.8.